The highest BCUT2D eigenvalue weighted by Crippen LogP contribution is 2.31. The van der Waals surface area contributed by atoms with Crippen LogP contribution >= 0.6 is 0 Å². The van der Waals surface area contributed by atoms with Crippen LogP contribution in [0.3, 0.4) is 0 Å². The predicted molar refractivity (Wildman–Crippen MR) is 87.5 cm³/mol. The van der Waals surface area contributed by atoms with Gasteiger partial charge in [-0.25, -0.2) is 0 Å². The molecule has 132 valence electrons. The number of ether oxygens (including phenoxy) is 1. The summed E-state index contributed by atoms with van der Waals surface area (Å²) in [6, 6.07) is 7.36. The van der Waals surface area contributed by atoms with Crippen molar-refractivity contribution in [2.75, 3.05) is 31.6 Å². The average Bonchev–Trinajstić information content (AvgIpc) is 3.28. The Morgan fingerprint density at radius 3 is 2.83 bits per heavy atom. The molecule has 1 heterocycles. The van der Waals surface area contributed by atoms with Gasteiger partial charge in [0.25, 0.3) is 0 Å². The van der Waals surface area contributed by atoms with Crippen LogP contribution in [0.2, 0.25) is 0 Å². The summed E-state index contributed by atoms with van der Waals surface area (Å²) >= 11 is 0. The molecule has 1 aliphatic carbocycles. The number of hydrogen-bond acceptors (Lipinski definition) is 4. The van der Waals surface area contributed by atoms with E-state index in [0.717, 1.165) is 6.42 Å². The van der Waals surface area contributed by atoms with Gasteiger partial charge in [-0.1, -0.05) is 12.1 Å². The first-order valence-electron chi connectivity index (χ1n) is 8.31. The molecule has 0 bridgehead atoms. The molecule has 1 saturated carbocycles. The standard InChI is InChI=1S/C17H23F2N3O2/c1-21(13-6-7-13)11-16(23)20-12-8-9-22(10-12)14-4-2-3-5-15(14)24-17(18)19/h2-5,12-13,17H,6-11H2,1H3,(H,20,23). The lowest BCUT2D eigenvalue weighted by Gasteiger charge is -2.22. The smallest absolute Gasteiger partial charge is 0.387 e. The van der Waals surface area contributed by atoms with Crippen molar-refractivity contribution < 1.29 is 18.3 Å². The van der Waals surface area contributed by atoms with Crippen molar-refractivity contribution in [3.63, 3.8) is 0 Å². The summed E-state index contributed by atoms with van der Waals surface area (Å²) in [5.41, 5.74) is 0.643. The van der Waals surface area contributed by atoms with Crippen LogP contribution in [0.1, 0.15) is 19.3 Å². The fourth-order valence-electron chi connectivity index (χ4n) is 3.16. The minimum atomic E-state index is -2.85. The zero-order chi connectivity index (χ0) is 17.1. The number of anilines is 1. The van der Waals surface area contributed by atoms with Crippen molar-refractivity contribution in [3.05, 3.63) is 24.3 Å². The van der Waals surface area contributed by atoms with Gasteiger partial charge >= 0.3 is 6.61 Å². The van der Waals surface area contributed by atoms with E-state index in [-0.39, 0.29) is 17.7 Å². The number of benzene rings is 1. The number of para-hydroxylation sites is 2. The van der Waals surface area contributed by atoms with Gasteiger partial charge in [-0.15, -0.1) is 0 Å². The zero-order valence-corrected chi connectivity index (χ0v) is 13.8. The number of amides is 1. The van der Waals surface area contributed by atoms with E-state index >= 15 is 0 Å². The molecule has 0 aromatic heterocycles. The number of nitrogens with one attached hydrogen (secondary N) is 1. The molecule has 24 heavy (non-hydrogen) atoms. The monoisotopic (exact) mass is 339 g/mol. The second kappa shape index (κ2) is 7.34. The van der Waals surface area contributed by atoms with Gasteiger partial charge in [-0.2, -0.15) is 8.78 Å². The minimum Gasteiger partial charge on any atom is -0.433 e. The third-order valence-corrected chi connectivity index (χ3v) is 4.54. The van der Waals surface area contributed by atoms with Crippen molar-refractivity contribution in [2.45, 2.75) is 38.0 Å². The zero-order valence-electron chi connectivity index (χ0n) is 13.8. The molecule has 0 radical (unpaired) electrons. The Bertz CT molecular complexity index is 581. The van der Waals surface area contributed by atoms with Gasteiger partial charge in [-0.05, 0) is 38.4 Å². The van der Waals surface area contributed by atoms with E-state index in [1.165, 1.54) is 18.9 Å². The van der Waals surface area contributed by atoms with Gasteiger partial charge in [0, 0.05) is 25.2 Å². The van der Waals surface area contributed by atoms with E-state index in [4.69, 9.17) is 0 Å². The van der Waals surface area contributed by atoms with Gasteiger partial charge in [0.05, 0.1) is 12.2 Å². The lowest BCUT2D eigenvalue weighted by atomic mass is 10.2. The van der Waals surface area contributed by atoms with Crippen molar-refractivity contribution in [1.82, 2.24) is 10.2 Å². The van der Waals surface area contributed by atoms with Crippen molar-refractivity contribution in [1.29, 1.82) is 0 Å². The summed E-state index contributed by atoms with van der Waals surface area (Å²) in [6.07, 6.45) is 3.13. The molecular formula is C17H23F2N3O2. The van der Waals surface area contributed by atoms with Gasteiger partial charge in [0.2, 0.25) is 5.91 Å². The molecule has 0 spiro atoms. The largest absolute Gasteiger partial charge is 0.433 e. The van der Waals surface area contributed by atoms with Gasteiger partial charge in [0.1, 0.15) is 5.75 Å². The van der Waals surface area contributed by atoms with Crippen LogP contribution in [0.5, 0.6) is 5.75 Å². The Balaban J connectivity index is 1.54. The van der Waals surface area contributed by atoms with Crippen LogP contribution in [0.15, 0.2) is 24.3 Å². The van der Waals surface area contributed by atoms with Gasteiger partial charge in [-0.3, -0.25) is 9.69 Å². The quantitative estimate of drug-likeness (QED) is 0.826. The first-order chi connectivity index (χ1) is 11.5. The summed E-state index contributed by atoms with van der Waals surface area (Å²) < 4.78 is 29.6. The molecule has 1 amide bonds. The predicted octanol–water partition coefficient (Wildman–Crippen LogP) is 2.08. The van der Waals surface area contributed by atoms with Gasteiger partial charge in [0.15, 0.2) is 0 Å². The maximum atomic E-state index is 12.5. The van der Waals surface area contributed by atoms with Crippen molar-refractivity contribution >= 4 is 11.6 Å². The molecule has 2 fully saturated rings. The van der Waals surface area contributed by atoms with Crippen LogP contribution < -0.4 is 15.0 Å². The van der Waals surface area contributed by atoms with E-state index in [2.05, 4.69) is 15.0 Å². The first kappa shape index (κ1) is 17.0. The van der Waals surface area contributed by atoms with E-state index in [9.17, 15) is 13.6 Å². The molecule has 1 aromatic rings. The van der Waals surface area contributed by atoms with Crippen LogP contribution in [0.4, 0.5) is 14.5 Å². The number of carbonyl (C=O) groups is 1. The molecule has 5 nitrogen and oxygen atoms in total. The Morgan fingerprint density at radius 2 is 2.12 bits per heavy atom. The highest BCUT2D eigenvalue weighted by atomic mass is 19.3. The summed E-state index contributed by atoms with van der Waals surface area (Å²) in [6.45, 7) is -1.14. The average molecular weight is 339 g/mol. The fourth-order valence-corrected chi connectivity index (χ4v) is 3.16. The minimum absolute atomic E-state index is 0.0216. The van der Waals surface area contributed by atoms with E-state index in [1.54, 1.807) is 18.2 Å². The number of nitrogens with zero attached hydrogens (tertiary/aromatic N) is 2. The molecule has 7 heteroatoms. The molecule has 1 atom stereocenters. The van der Waals surface area contributed by atoms with Crippen molar-refractivity contribution in [2.24, 2.45) is 0 Å². The Morgan fingerprint density at radius 1 is 1.38 bits per heavy atom. The first-order valence-corrected chi connectivity index (χ1v) is 8.31. The Labute approximate surface area is 140 Å². The van der Waals surface area contributed by atoms with Crippen LogP contribution in [-0.2, 0) is 4.79 Å². The number of halogens is 2. The summed E-state index contributed by atoms with van der Waals surface area (Å²) in [7, 11) is 1.97. The molecule has 3 rings (SSSR count). The molecule has 1 saturated heterocycles. The number of carbonyl (C=O) groups excluding carboxylic acids is 1. The van der Waals surface area contributed by atoms with Crippen LogP contribution in [0.25, 0.3) is 0 Å². The maximum absolute atomic E-state index is 12.5. The Kier molecular flexibility index (Phi) is 5.18. The summed E-state index contributed by atoms with van der Waals surface area (Å²) in [5.74, 6) is 0.196. The van der Waals surface area contributed by atoms with Crippen molar-refractivity contribution in [3.8, 4) is 5.75 Å². The van der Waals surface area contributed by atoms with Crippen LogP contribution in [-0.4, -0.2) is 56.2 Å². The van der Waals surface area contributed by atoms with E-state index in [1.807, 2.05) is 11.9 Å². The van der Waals surface area contributed by atoms with E-state index < -0.39 is 6.61 Å². The fraction of sp³-hybridized carbons (Fsp3) is 0.588. The SMILES string of the molecule is CN(CC(=O)NC1CCN(c2ccccc2OC(F)F)C1)C1CC1. The summed E-state index contributed by atoms with van der Waals surface area (Å²) in [5, 5.41) is 3.04. The lowest BCUT2D eigenvalue weighted by Crippen LogP contribution is -2.42. The molecule has 1 aliphatic heterocycles. The third-order valence-electron chi connectivity index (χ3n) is 4.54. The van der Waals surface area contributed by atoms with E-state index in [0.29, 0.717) is 31.4 Å². The molecule has 2 aliphatic rings. The molecular weight excluding hydrogens is 316 g/mol. The number of rotatable bonds is 7. The molecule has 1 aromatic carbocycles. The maximum Gasteiger partial charge on any atom is 0.387 e. The molecule has 1 unspecified atom stereocenters. The lowest BCUT2D eigenvalue weighted by molar-refractivity contribution is -0.122. The summed E-state index contributed by atoms with van der Waals surface area (Å²) in [4.78, 5) is 16.2. The highest BCUT2D eigenvalue weighted by Gasteiger charge is 2.29. The topological polar surface area (TPSA) is 44.8 Å². The molecule has 1 N–H and O–H groups in total. The highest BCUT2D eigenvalue weighted by molar-refractivity contribution is 5.78. The number of hydrogen-bond donors (Lipinski definition) is 1. The second-order valence-electron chi connectivity index (χ2n) is 6.49. The number of likely N-dealkylation sites (N-methyl/N-ethyl adjacent to an activating group) is 1. The van der Waals surface area contributed by atoms with Gasteiger partial charge < -0.3 is 15.0 Å². The van der Waals surface area contributed by atoms with Crippen LogP contribution in [0, 0.1) is 0 Å². The third kappa shape index (κ3) is 4.35. The second-order valence-corrected chi connectivity index (χ2v) is 6.49. The number of alkyl halides is 2. The normalized spacial score (nSPS) is 20.7. The Hall–Kier alpha value is -1.89.